The largest absolute Gasteiger partial charge is 0.379 e. The zero-order valence-electron chi connectivity index (χ0n) is 9.65. The Labute approximate surface area is 95.7 Å². The molecule has 4 unspecified atom stereocenters. The maximum absolute atomic E-state index is 11.9. The van der Waals surface area contributed by atoms with E-state index in [2.05, 4.69) is 5.32 Å². The van der Waals surface area contributed by atoms with Crippen molar-refractivity contribution in [1.82, 2.24) is 5.32 Å². The van der Waals surface area contributed by atoms with Crippen LogP contribution in [0.5, 0.6) is 0 Å². The monoisotopic (exact) mass is 228 g/mol. The maximum atomic E-state index is 11.9. The highest BCUT2D eigenvalue weighted by Crippen LogP contribution is 2.16. The molecule has 4 atom stereocenters. The SMILES string of the molecule is CC1CC(NC(=O)C2COCC2N)CCO1. The zero-order valence-corrected chi connectivity index (χ0v) is 9.65. The first-order valence-electron chi connectivity index (χ1n) is 5.92. The third-order valence-electron chi connectivity index (χ3n) is 3.29. The van der Waals surface area contributed by atoms with Crippen LogP contribution < -0.4 is 11.1 Å². The summed E-state index contributed by atoms with van der Waals surface area (Å²) in [5.74, 6) is -0.151. The van der Waals surface area contributed by atoms with Gasteiger partial charge in [-0.15, -0.1) is 0 Å². The highest BCUT2D eigenvalue weighted by molar-refractivity contribution is 5.80. The molecule has 0 spiro atoms. The molecule has 0 aromatic heterocycles. The first kappa shape index (κ1) is 11.8. The van der Waals surface area contributed by atoms with E-state index in [9.17, 15) is 4.79 Å². The second-order valence-electron chi connectivity index (χ2n) is 4.72. The molecule has 2 rings (SSSR count). The Bertz CT molecular complexity index is 260. The van der Waals surface area contributed by atoms with Gasteiger partial charge < -0.3 is 20.5 Å². The number of hydrogen-bond acceptors (Lipinski definition) is 4. The average Bonchev–Trinajstić information content (AvgIpc) is 2.64. The van der Waals surface area contributed by atoms with Crippen LogP contribution in [-0.4, -0.2) is 43.9 Å². The van der Waals surface area contributed by atoms with Crippen LogP contribution in [-0.2, 0) is 14.3 Å². The molecule has 0 aromatic carbocycles. The van der Waals surface area contributed by atoms with Crippen LogP contribution >= 0.6 is 0 Å². The molecule has 0 aromatic rings. The minimum Gasteiger partial charge on any atom is -0.379 e. The van der Waals surface area contributed by atoms with Gasteiger partial charge in [-0.1, -0.05) is 0 Å². The van der Waals surface area contributed by atoms with Gasteiger partial charge in [0, 0.05) is 18.7 Å². The topological polar surface area (TPSA) is 73.6 Å². The van der Waals surface area contributed by atoms with E-state index in [4.69, 9.17) is 15.2 Å². The fraction of sp³-hybridized carbons (Fsp3) is 0.909. The zero-order chi connectivity index (χ0) is 11.5. The van der Waals surface area contributed by atoms with Crippen LogP contribution in [0.1, 0.15) is 19.8 Å². The first-order valence-corrected chi connectivity index (χ1v) is 5.92. The lowest BCUT2D eigenvalue weighted by Gasteiger charge is -2.29. The molecule has 0 saturated carbocycles. The van der Waals surface area contributed by atoms with Crippen molar-refractivity contribution in [2.75, 3.05) is 19.8 Å². The predicted molar refractivity (Wildman–Crippen MR) is 58.9 cm³/mol. The lowest BCUT2D eigenvalue weighted by Crippen LogP contribution is -2.47. The van der Waals surface area contributed by atoms with E-state index in [1.165, 1.54) is 0 Å². The summed E-state index contributed by atoms with van der Waals surface area (Å²) in [6, 6.07) is 0.0707. The van der Waals surface area contributed by atoms with E-state index >= 15 is 0 Å². The van der Waals surface area contributed by atoms with Crippen LogP contribution in [0.25, 0.3) is 0 Å². The molecule has 0 radical (unpaired) electrons. The summed E-state index contributed by atoms with van der Waals surface area (Å²) >= 11 is 0. The van der Waals surface area contributed by atoms with Crippen molar-refractivity contribution in [1.29, 1.82) is 0 Å². The Kier molecular flexibility index (Phi) is 3.78. The smallest absolute Gasteiger partial charge is 0.227 e. The number of hydrogen-bond donors (Lipinski definition) is 2. The maximum Gasteiger partial charge on any atom is 0.227 e. The van der Waals surface area contributed by atoms with Gasteiger partial charge >= 0.3 is 0 Å². The minimum atomic E-state index is -0.182. The van der Waals surface area contributed by atoms with E-state index in [1.54, 1.807) is 0 Å². The van der Waals surface area contributed by atoms with Crippen molar-refractivity contribution in [3.05, 3.63) is 0 Å². The fourth-order valence-corrected chi connectivity index (χ4v) is 2.28. The van der Waals surface area contributed by atoms with E-state index in [0.717, 1.165) is 19.4 Å². The highest BCUT2D eigenvalue weighted by Gasteiger charge is 2.33. The third kappa shape index (κ3) is 2.72. The Hall–Kier alpha value is -0.650. The molecule has 1 amide bonds. The minimum absolute atomic E-state index is 0.0316. The Morgan fingerprint density at radius 1 is 1.44 bits per heavy atom. The summed E-state index contributed by atoms with van der Waals surface area (Å²) < 4.78 is 10.6. The summed E-state index contributed by atoms with van der Waals surface area (Å²) in [4.78, 5) is 11.9. The molecular weight excluding hydrogens is 208 g/mol. The Morgan fingerprint density at radius 3 is 2.88 bits per heavy atom. The molecule has 16 heavy (non-hydrogen) atoms. The lowest BCUT2D eigenvalue weighted by atomic mass is 10.00. The quantitative estimate of drug-likeness (QED) is 0.677. The highest BCUT2D eigenvalue weighted by atomic mass is 16.5. The van der Waals surface area contributed by atoms with Crippen molar-refractivity contribution >= 4 is 5.91 Å². The molecule has 5 nitrogen and oxygen atoms in total. The predicted octanol–water partition coefficient (Wildman–Crippen LogP) is -0.356. The van der Waals surface area contributed by atoms with Crippen molar-refractivity contribution in [2.24, 2.45) is 11.7 Å². The molecule has 5 heteroatoms. The van der Waals surface area contributed by atoms with Gasteiger partial charge in [0.25, 0.3) is 0 Å². The number of rotatable bonds is 2. The van der Waals surface area contributed by atoms with Gasteiger partial charge in [0.15, 0.2) is 0 Å². The van der Waals surface area contributed by atoms with Crippen molar-refractivity contribution in [3.63, 3.8) is 0 Å². The number of ether oxygens (including phenoxy) is 2. The fourth-order valence-electron chi connectivity index (χ4n) is 2.28. The summed E-state index contributed by atoms with van der Waals surface area (Å²) in [7, 11) is 0. The van der Waals surface area contributed by atoms with Crippen LogP contribution in [0.3, 0.4) is 0 Å². The second kappa shape index (κ2) is 5.12. The molecule has 2 aliphatic heterocycles. The molecule has 2 heterocycles. The van der Waals surface area contributed by atoms with E-state index < -0.39 is 0 Å². The van der Waals surface area contributed by atoms with Crippen molar-refractivity contribution < 1.29 is 14.3 Å². The van der Waals surface area contributed by atoms with Gasteiger partial charge in [-0.25, -0.2) is 0 Å². The lowest BCUT2D eigenvalue weighted by molar-refractivity contribution is -0.126. The molecule has 2 saturated heterocycles. The van der Waals surface area contributed by atoms with Gasteiger partial charge in [-0.05, 0) is 19.8 Å². The van der Waals surface area contributed by atoms with Crippen molar-refractivity contribution in [3.8, 4) is 0 Å². The molecule has 3 N–H and O–H groups in total. The summed E-state index contributed by atoms with van der Waals surface area (Å²) in [5.41, 5.74) is 5.80. The van der Waals surface area contributed by atoms with E-state index in [-0.39, 0.29) is 30.0 Å². The number of carbonyl (C=O) groups is 1. The summed E-state index contributed by atoms with van der Waals surface area (Å²) in [6.07, 6.45) is 2.00. The Balaban J connectivity index is 1.82. The van der Waals surface area contributed by atoms with Crippen LogP contribution in [0.15, 0.2) is 0 Å². The van der Waals surface area contributed by atoms with E-state index in [0.29, 0.717) is 13.2 Å². The van der Waals surface area contributed by atoms with Gasteiger partial charge in [0.2, 0.25) is 5.91 Å². The molecular formula is C11H20N2O3. The van der Waals surface area contributed by atoms with Crippen LogP contribution in [0.2, 0.25) is 0 Å². The van der Waals surface area contributed by atoms with Gasteiger partial charge in [-0.2, -0.15) is 0 Å². The standard InChI is InChI=1S/C11H20N2O3/c1-7-4-8(2-3-16-7)13-11(14)9-5-15-6-10(9)12/h7-10H,2-6,12H2,1H3,(H,13,14). The van der Waals surface area contributed by atoms with Crippen LogP contribution in [0.4, 0.5) is 0 Å². The van der Waals surface area contributed by atoms with Gasteiger partial charge in [0.1, 0.15) is 0 Å². The van der Waals surface area contributed by atoms with Gasteiger partial charge in [-0.3, -0.25) is 4.79 Å². The molecule has 92 valence electrons. The number of nitrogens with two attached hydrogens (primary N) is 1. The Morgan fingerprint density at radius 2 is 2.25 bits per heavy atom. The molecule has 0 aliphatic carbocycles. The molecule has 2 fully saturated rings. The number of amides is 1. The van der Waals surface area contributed by atoms with Crippen LogP contribution in [0, 0.1) is 5.92 Å². The number of nitrogens with one attached hydrogen (secondary N) is 1. The molecule has 2 aliphatic rings. The van der Waals surface area contributed by atoms with Gasteiger partial charge in [0.05, 0.1) is 25.2 Å². The summed E-state index contributed by atoms with van der Waals surface area (Å²) in [6.45, 7) is 3.69. The number of carbonyl (C=O) groups excluding carboxylic acids is 1. The third-order valence-corrected chi connectivity index (χ3v) is 3.29. The molecule has 0 bridgehead atoms. The second-order valence-corrected chi connectivity index (χ2v) is 4.72. The van der Waals surface area contributed by atoms with E-state index in [1.807, 2.05) is 6.92 Å². The first-order chi connectivity index (χ1) is 7.66. The normalized spacial score (nSPS) is 39.6. The summed E-state index contributed by atoms with van der Waals surface area (Å²) in [5, 5.41) is 3.04. The average molecular weight is 228 g/mol. The van der Waals surface area contributed by atoms with Crippen molar-refractivity contribution in [2.45, 2.75) is 38.0 Å².